The third-order valence-corrected chi connectivity index (χ3v) is 7.12. The summed E-state index contributed by atoms with van der Waals surface area (Å²) in [6, 6.07) is 20.5. The fourth-order valence-corrected chi connectivity index (χ4v) is 4.84. The van der Waals surface area contributed by atoms with E-state index < -0.39 is 24.7 Å². The summed E-state index contributed by atoms with van der Waals surface area (Å²) < 4.78 is 32.0. The van der Waals surface area contributed by atoms with Gasteiger partial charge in [0.1, 0.15) is 0 Å². The number of carbonyl (C=O) groups is 2. The second kappa shape index (κ2) is 13.3. The molecule has 3 heterocycles. The van der Waals surface area contributed by atoms with E-state index in [2.05, 4.69) is 29.4 Å². The molecule has 0 aliphatic heterocycles. The molecular weight excluding hydrogens is 616 g/mol. The summed E-state index contributed by atoms with van der Waals surface area (Å²) in [6.45, 7) is 2.90. The highest BCUT2D eigenvalue weighted by atomic mass is 16.8. The van der Waals surface area contributed by atoms with Gasteiger partial charge in [0, 0.05) is 12.5 Å². The van der Waals surface area contributed by atoms with Crippen LogP contribution in [-0.2, 0) is 27.4 Å². The molecule has 6 aromatic rings. The Kier molecular flexibility index (Phi) is 8.63. The van der Waals surface area contributed by atoms with Crippen LogP contribution in [-0.4, -0.2) is 50.4 Å². The number of imidazole rings is 1. The molecule has 0 atom stereocenters. The van der Waals surface area contributed by atoms with Gasteiger partial charge in [-0.2, -0.15) is 4.98 Å². The largest absolute Gasteiger partial charge is 0.511 e. The minimum absolute atomic E-state index is 0.175. The highest BCUT2D eigenvalue weighted by molar-refractivity contribution is 6.02. The van der Waals surface area contributed by atoms with Gasteiger partial charge in [-0.05, 0) is 40.7 Å². The molecule has 2 N–H and O–H groups in total. The van der Waals surface area contributed by atoms with Crippen LogP contribution >= 0.6 is 0 Å². The first kappa shape index (κ1) is 30.6. The summed E-state index contributed by atoms with van der Waals surface area (Å²) in [5, 5.41) is 6.14. The molecule has 0 amide bonds. The second-order valence-electron chi connectivity index (χ2n) is 10.0. The van der Waals surface area contributed by atoms with Crippen molar-refractivity contribution in [2.75, 3.05) is 13.4 Å². The Hall–Kier alpha value is -6.45. The van der Waals surface area contributed by atoms with Crippen molar-refractivity contribution >= 4 is 23.2 Å². The van der Waals surface area contributed by atoms with Gasteiger partial charge >= 0.3 is 17.9 Å². The summed E-state index contributed by atoms with van der Waals surface area (Å²) in [7, 11) is 0. The van der Waals surface area contributed by atoms with Gasteiger partial charge in [-0.15, -0.1) is 0 Å². The Balaban J connectivity index is 1.19. The predicted molar refractivity (Wildman–Crippen MR) is 161 cm³/mol. The minimum Gasteiger partial charge on any atom is -0.465 e. The van der Waals surface area contributed by atoms with Gasteiger partial charge in [0.15, 0.2) is 17.0 Å². The second-order valence-corrected chi connectivity index (χ2v) is 10.0. The summed E-state index contributed by atoms with van der Waals surface area (Å²) >= 11 is 0. The average molecular weight is 644 g/mol. The van der Waals surface area contributed by atoms with Crippen LogP contribution in [0.1, 0.15) is 34.2 Å². The number of benzene rings is 3. The molecule has 0 aliphatic rings. The van der Waals surface area contributed by atoms with E-state index in [-0.39, 0.29) is 28.2 Å². The molecule has 0 saturated heterocycles. The number of nitrogens with one attached hydrogen (secondary N) is 2. The van der Waals surface area contributed by atoms with Gasteiger partial charge in [-0.3, -0.25) is 14.1 Å². The number of para-hydroxylation sites is 1. The Morgan fingerprint density at radius 2 is 1.77 bits per heavy atom. The summed E-state index contributed by atoms with van der Waals surface area (Å²) in [6.07, 6.45) is -1.12. The predicted octanol–water partition coefficient (Wildman–Crippen LogP) is 4.11. The number of hydrogen-bond acceptors (Lipinski definition) is 12. The molecule has 0 spiro atoms. The maximum atomic E-state index is 13.2. The first-order valence-corrected chi connectivity index (χ1v) is 14.3. The van der Waals surface area contributed by atoms with Crippen molar-refractivity contribution in [2.45, 2.75) is 27.0 Å². The molecule has 0 unspecified atom stereocenters. The van der Waals surface area contributed by atoms with Crippen LogP contribution in [0.3, 0.4) is 0 Å². The Morgan fingerprint density at radius 3 is 2.47 bits per heavy atom. The smallest absolute Gasteiger partial charge is 0.465 e. The molecule has 47 heavy (non-hydrogen) atoms. The van der Waals surface area contributed by atoms with E-state index >= 15 is 0 Å². The van der Waals surface area contributed by atoms with E-state index in [0.29, 0.717) is 41.6 Å². The molecule has 0 radical (unpaired) electrons. The Morgan fingerprint density at radius 1 is 0.979 bits per heavy atom. The maximum Gasteiger partial charge on any atom is 0.511 e. The summed E-state index contributed by atoms with van der Waals surface area (Å²) in [5.74, 6) is -1.09. The molecule has 0 aliphatic carbocycles. The van der Waals surface area contributed by atoms with Gasteiger partial charge < -0.3 is 18.9 Å². The summed E-state index contributed by atoms with van der Waals surface area (Å²) in [4.78, 5) is 55.1. The Labute approximate surface area is 264 Å². The van der Waals surface area contributed by atoms with Gasteiger partial charge in [-0.25, -0.2) is 14.4 Å². The number of H-pyrrole nitrogens is 2. The monoisotopic (exact) mass is 643 g/mol. The van der Waals surface area contributed by atoms with Crippen molar-refractivity contribution in [1.29, 1.82) is 0 Å². The van der Waals surface area contributed by atoms with Crippen LogP contribution in [0.4, 0.5) is 4.79 Å². The van der Waals surface area contributed by atoms with Crippen LogP contribution in [0.25, 0.3) is 33.5 Å². The molecule has 0 fully saturated rings. The SMILES string of the molecule is CCOc1nc2cccc(C(=O)OCOC(=O)OCc3[nH]o[n+](=O)c3C)c2n1Cc1ccc(-c2ccccc2-c2noc(=O)[nH]2)cc1. The molecule has 240 valence electrons. The number of esters is 1. The zero-order valence-corrected chi connectivity index (χ0v) is 25.1. The first-order valence-electron chi connectivity index (χ1n) is 14.3. The van der Waals surface area contributed by atoms with E-state index in [1.807, 2.05) is 55.5 Å². The number of carbonyl (C=O) groups excluding carboxylic acids is 2. The molecule has 3 aromatic carbocycles. The van der Waals surface area contributed by atoms with Crippen molar-refractivity contribution in [3.8, 4) is 28.5 Å². The third-order valence-electron chi connectivity index (χ3n) is 7.12. The van der Waals surface area contributed by atoms with Crippen molar-refractivity contribution < 1.29 is 42.3 Å². The van der Waals surface area contributed by atoms with Crippen molar-refractivity contribution in [1.82, 2.24) is 24.8 Å². The van der Waals surface area contributed by atoms with Crippen LogP contribution in [0.2, 0.25) is 0 Å². The molecular formula is C31H27N6O10+. The van der Waals surface area contributed by atoms with Crippen molar-refractivity contribution in [2.24, 2.45) is 0 Å². The lowest BCUT2D eigenvalue weighted by Crippen LogP contribution is -2.16. The number of aromatic amines is 2. The highest BCUT2D eigenvalue weighted by Gasteiger charge is 2.22. The van der Waals surface area contributed by atoms with Gasteiger partial charge in [-0.1, -0.05) is 69.5 Å². The van der Waals surface area contributed by atoms with E-state index in [4.69, 9.17) is 18.9 Å². The van der Waals surface area contributed by atoms with E-state index in [1.54, 1.807) is 22.8 Å². The molecule has 16 heteroatoms. The zero-order chi connectivity index (χ0) is 32.9. The van der Waals surface area contributed by atoms with Gasteiger partial charge in [0.05, 0.1) is 29.7 Å². The van der Waals surface area contributed by atoms with E-state index in [1.165, 1.54) is 6.92 Å². The van der Waals surface area contributed by atoms with Crippen LogP contribution in [0, 0.1) is 11.8 Å². The molecule has 0 saturated carbocycles. The number of aromatic nitrogens is 6. The lowest BCUT2D eigenvalue weighted by Gasteiger charge is -2.13. The van der Waals surface area contributed by atoms with Crippen LogP contribution in [0.15, 0.2) is 80.7 Å². The number of ether oxygens (including phenoxy) is 4. The fourth-order valence-electron chi connectivity index (χ4n) is 4.84. The normalized spacial score (nSPS) is 11.0. The standard InChI is InChI=1S/C31H26N6O10/c1-3-42-29-32-24-10-6-9-23(28(38)44-17-45-31(40)43-16-25-18(2)37(41)47-34-25)26(24)36(29)15-19-11-13-20(14-12-19)21-7-4-5-8-22(21)27-33-30(39)46-35-27/h4-14H,3,15-17H2,1-2H3,(H-,33,34,35,39,41)/p+1. The molecule has 16 nitrogen and oxygen atoms in total. The number of fused-ring (bicyclic) bond motifs is 1. The number of rotatable bonds is 11. The number of hydrogen-bond donors (Lipinski definition) is 2. The minimum atomic E-state index is -1.12. The van der Waals surface area contributed by atoms with E-state index in [0.717, 1.165) is 16.7 Å². The number of nitrogens with zero attached hydrogens (tertiary/aromatic N) is 4. The lowest BCUT2D eigenvalue weighted by atomic mass is 9.98. The quantitative estimate of drug-likeness (QED) is 0.151. The van der Waals surface area contributed by atoms with Crippen molar-refractivity contribution in [3.63, 3.8) is 0 Å². The summed E-state index contributed by atoms with van der Waals surface area (Å²) in [5.41, 5.74) is 4.86. The van der Waals surface area contributed by atoms with Crippen LogP contribution < -0.4 is 15.1 Å². The van der Waals surface area contributed by atoms with Crippen LogP contribution in [0.5, 0.6) is 6.01 Å². The third kappa shape index (κ3) is 6.51. The Bertz CT molecular complexity index is 2170. The highest BCUT2D eigenvalue weighted by Crippen LogP contribution is 2.31. The topological polar surface area (TPSA) is 200 Å². The lowest BCUT2D eigenvalue weighted by molar-refractivity contribution is -0.718. The molecule has 6 rings (SSSR count). The van der Waals surface area contributed by atoms with Gasteiger partial charge in [0.2, 0.25) is 18.2 Å². The first-order chi connectivity index (χ1) is 22.8. The fraction of sp³-hybridized carbons (Fsp3) is 0.194. The van der Waals surface area contributed by atoms with Gasteiger partial charge in [0.25, 0.3) is 6.01 Å². The zero-order valence-electron chi connectivity index (χ0n) is 25.1. The molecule has 3 aromatic heterocycles. The maximum absolute atomic E-state index is 13.2. The van der Waals surface area contributed by atoms with E-state index in [9.17, 15) is 19.3 Å². The van der Waals surface area contributed by atoms with Crippen molar-refractivity contribution in [3.05, 3.63) is 105 Å². The average Bonchev–Trinajstić information content (AvgIpc) is 3.77. The molecule has 0 bridgehead atoms.